The molecule has 1 aromatic carbocycles. The molecule has 0 N–H and O–H groups in total. The summed E-state index contributed by atoms with van der Waals surface area (Å²) in [5.41, 5.74) is 0.199. The largest absolute Gasteiger partial charge is 0.596 e. The summed E-state index contributed by atoms with van der Waals surface area (Å²) in [5.74, 6) is 0.0592. The van der Waals surface area contributed by atoms with Crippen LogP contribution in [0.15, 0.2) is 37.1 Å². The third-order valence-electron chi connectivity index (χ3n) is 2.19. The van der Waals surface area contributed by atoms with E-state index in [0.717, 1.165) is 6.26 Å². The van der Waals surface area contributed by atoms with E-state index in [-0.39, 0.29) is 5.78 Å². The summed E-state index contributed by atoms with van der Waals surface area (Å²) in [6.07, 6.45) is 1.15. The van der Waals surface area contributed by atoms with Gasteiger partial charge in [0.2, 0.25) is 5.30 Å². The second-order valence-corrected chi connectivity index (χ2v) is 5.90. The molecule has 0 bridgehead atoms. The lowest BCUT2D eigenvalue weighted by Gasteiger charge is -2.16. The quantitative estimate of drug-likeness (QED) is 0.467. The van der Waals surface area contributed by atoms with Gasteiger partial charge in [0.1, 0.15) is 6.26 Å². The van der Waals surface area contributed by atoms with E-state index in [0.29, 0.717) is 10.9 Å². The highest BCUT2D eigenvalue weighted by molar-refractivity contribution is 7.48. The third kappa shape index (κ3) is 3.50. The number of Topliss-reactive ketones (excluding diaryl/α,β-unsaturated/α-hetero) is 1. The highest BCUT2D eigenvalue weighted by Crippen LogP contribution is 2.24. The van der Waals surface area contributed by atoms with Gasteiger partial charge in [-0.1, -0.05) is 27.4 Å². The van der Waals surface area contributed by atoms with Crippen molar-refractivity contribution in [1.29, 1.82) is 0 Å². The van der Waals surface area contributed by atoms with Gasteiger partial charge in [0.05, 0.1) is 0 Å². The monoisotopic (exact) mass is 251 g/mol. The van der Waals surface area contributed by atoms with Gasteiger partial charge in [-0.25, -0.2) is 0 Å². The third-order valence-corrected chi connectivity index (χ3v) is 3.25. The van der Waals surface area contributed by atoms with E-state index >= 15 is 0 Å². The minimum atomic E-state index is -1.91. The van der Waals surface area contributed by atoms with Crippen molar-refractivity contribution in [1.82, 2.24) is 0 Å². The van der Waals surface area contributed by atoms with Gasteiger partial charge in [0.15, 0.2) is 5.78 Å². The van der Waals surface area contributed by atoms with Crippen LogP contribution in [0, 0.1) is 5.41 Å². The minimum absolute atomic E-state index is 0.0592. The van der Waals surface area contributed by atoms with Crippen LogP contribution in [0.2, 0.25) is 0 Å². The van der Waals surface area contributed by atoms with Crippen molar-refractivity contribution in [3.63, 3.8) is 0 Å². The predicted octanol–water partition coefficient (Wildman–Crippen LogP) is 3.44. The SMILES string of the molecule is C=CO[P+](=O)c1ccc(C(=O)C(C)(C)C)cc1. The van der Waals surface area contributed by atoms with Crippen LogP contribution in [0.5, 0.6) is 0 Å². The average Bonchev–Trinajstić information content (AvgIpc) is 2.27. The first-order chi connectivity index (χ1) is 7.86. The molecule has 0 aliphatic carbocycles. The summed E-state index contributed by atoms with van der Waals surface area (Å²) in [4.78, 5) is 12.0. The fourth-order valence-electron chi connectivity index (χ4n) is 1.30. The number of hydrogen-bond acceptors (Lipinski definition) is 3. The Morgan fingerprint density at radius 2 is 1.82 bits per heavy atom. The molecular formula is C13H16O3P+. The van der Waals surface area contributed by atoms with Crippen LogP contribution < -0.4 is 5.30 Å². The normalized spacial score (nSPS) is 11.8. The lowest BCUT2D eigenvalue weighted by molar-refractivity contribution is 0.0858. The number of benzene rings is 1. The van der Waals surface area contributed by atoms with Crippen molar-refractivity contribution in [3.8, 4) is 0 Å². The number of carbonyl (C=O) groups is 1. The van der Waals surface area contributed by atoms with Crippen LogP contribution in [0.1, 0.15) is 31.1 Å². The maximum atomic E-state index is 12.0. The van der Waals surface area contributed by atoms with E-state index < -0.39 is 13.4 Å². The first kappa shape index (κ1) is 13.6. The molecule has 3 nitrogen and oxygen atoms in total. The number of carbonyl (C=O) groups excluding carboxylic acids is 1. The fourth-order valence-corrected chi connectivity index (χ4v) is 1.95. The van der Waals surface area contributed by atoms with Crippen LogP contribution in [0.4, 0.5) is 0 Å². The highest BCUT2D eigenvalue weighted by atomic mass is 31.1. The second kappa shape index (κ2) is 5.24. The van der Waals surface area contributed by atoms with Gasteiger partial charge >= 0.3 is 8.03 Å². The van der Waals surface area contributed by atoms with Crippen molar-refractivity contribution in [2.24, 2.45) is 5.41 Å². The molecule has 0 heterocycles. The summed E-state index contributed by atoms with van der Waals surface area (Å²) < 4.78 is 16.3. The summed E-state index contributed by atoms with van der Waals surface area (Å²) in [6, 6.07) is 6.62. The molecule has 0 radical (unpaired) electrons. The number of hydrogen-bond donors (Lipinski definition) is 0. The maximum absolute atomic E-state index is 12.0. The zero-order valence-electron chi connectivity index (χ0n) is 10.3. The Bertz CT molecular complexity index is 441. The van der Waals surface area contributed by atoms with Crippen molar-refractivity contribution in [2.75, 3.05) is 0 Å². The van der Waals surface area contributed by atoms with Gasteiger partial charge in [-0.2, -0.15) is 0 Å². The molecule has 1 rings (SSSR count). The first-order valence-corrected chi connectivity index (χ1v) is 6.44. The Hall–Kier alpha value is -1.47. The van der Waals surface area contributed by atoms with E-state index in [2.05, 4.69) is 6.58 Å². The Morgan fingerprint density at radius 1 is 1.29 bits per heavy atom. The van der Waals surface area contributed by atoms with E-state index in [1.54, 1.807) is 24.3 Å². The topological polar surface area (TPSA) is 43.4 Å². The molecule has 4 heteroatoms. The van der Waals surface area contributed by atoms with E-state index in [1.807, 2.05) is 20.8 Å². The zero-order valence-corrected chi connectivity index (χ0v) is 11.2. The molecule has 0 fully saturated rings. The Balaban J connectivity index is 2.92. The standard InChI is InChI=1S/C13H16O3P/c1-5-16-17(15)11-8-6-10(7-9-11)12(14)13(2,3)4/h5-9H,1H2,2-4H3/q+1. The highest BCUT2D eigenvalue weighted by Gasteiger charge is 2.25. The van der Waals surface area contributed by atoms with Crippen molar-refractivity contribution in [3.05, 3.63) is 42.7 Å². The van der Waals surface area contributed by atoms with Gasteiger partial charge < -0.3 is 0 Å². The number of rotatable bonds is 4. The second-order valence-electron chi connectivity index (χ2n) is 4.66. The molecule has 0 spiro atoms. The molecule has 90 valence electrons. The molecule has 0 aliphatic heterocycles. The van der Waals surface area contributed by atoms with Crippen molar-refractivity contribution in [2.45, 2.75) is 20.8 Å². The summed E-state index contributed by atoms with van der Waals surface area (Å²) in [7, 11) is -1.91. The zero-order chi connectivity index (χ0) is 13.1. The Morgan fingerprint density at radius 3 is 2.24 bits per heavy atom. The van der Waals surface area contributed by atoms with Gasteiger partial charge in [0, 0.05) is 11.0 Å². The molecule has 0 aliphatic rings. The fraction of sp³-hybridized carbons (Fsp3) is 0.308. The molecular weight excluding hydrogens is 235 g/mol. The average molecular weight is 251 g/mol. The van der Waals surface area contributed by atoms with Gasteiger partial charge in [-0.15, -0.1) is 0 Å². The van der Waals surface area contributed by atoms with Crippen LogP contribution in [0.3, 0.4) is 0 Å². The van der Waals surface area contributed by atoms with Crippen molar-refractivity contribution >= 4 is 19.1 Å². The van der Waals surface area contributed by atoms with E-state index in [4.69, 9.17) is 4.52 Å². The van der Waals surface area contributed by atoms with Crippen LogP contribution in [-0.2, 0) is 9.09 Å². The van der Waals surface area contributed by atoms with Gasteiger partial charge in [0.25, 0.3) is 0 Å². The maximum Gasteiger partial charge on any atom is 0.596 e. The predicted molar refractivity (Wildman–Crippen MR) is 68.8 cm³/mol. The lowest BCUT2D eigenvalue weighted by Crippen LogP contribution is -2.20. The summed E-state index contributed by atoms with van der Waals surface area (Å²) in [5, 5.41) is 0.547. The Kier molecular flexibility index (Phi) is 4.19. The van der Waals surface area contributed by atoms with Crippen molar-refractivity contribution < 1.29 is 13.9 Å². The van der Waals surface area contributed by atoms with Crippen LogP contribution in [-0.4, -0.2) is 5.78 Å². The minimum Gasteiger partial charge on any atom is -0.294 e. The smallest absolute Gasteiger partial charge is 0.294 e. The van der Waals surface area contributed by atoms with E-state index in [9.17, 15) is 9.36 Å². The number of ketones is 1. The molecule has 17 heavy (non-hydrogen) atoms. The lowest BCUT2D eigenvalue weighted by atomic mass is 9.87. The Labute approximate surface area is 102 Å². The van der Waals surface area contributed by atoms with Gasteiger partial charge in [-0.05, 0) is 28.8 Å². The molecule has 0 saturated carbocycles. The van der Waals surface area contributed by atoms with E-state index in [1.165, 1.54) is 0 Å². The molecule has 0 aromatic heterocycles. The van der Waals surface area contributed by atoms with Crippen LogP contribution in [0.25, 0.3) is 0 Å². The van der Waals surface area contributed by atoms with Gasteiger partial charge in [-0.3, -0.25) is 9.32 Å². The summed E-state index contributed by atoms with van der Waals surface area (Å²) in [6.45, 7) is 8.94. The first-order valence-electron chi connectivity index (χ1n) is 5.26. The molecule has 0 amide bonds. The molecule has 1 atom stereocenters. The van der Waals surface area contributed by atoms with Crippen LogP contribution >= 0.6 is 8.03 Å². The molecule has 0 saturated heterocycles. The molecule has 1 unspecified atom stereocenters. The summed E-state index contributed by atoms with van der Waals surface area (Å²) >= 11 is 0. The molecule has 1 aromatic rings.